The lowest BCUT2D eigenvalue weighted by Crippen LogP contribution is -2.37. The van der Waals surface area contributed by atoms with Crippen molar-refractivity contribution >= 4 is 11.3 Å². The monoisotopic (exact) mass is 211 g/mol. The minimum absolute atomic E-state index is 0.705. The zero-order valence-electron chi connectivity index (χ0n) is 8.35. The van der Waals surface area contributed by atoms with Crippen molar-refractivity contribution in [2.75, 3.05) is 19.6 Å². The van der Waals surface area contributed by atoms with Crippen LogP contribution in [-0.2, 0) is 6.54 Å². The van der Waals surface area contributed by atoms with E-state index >= 15 is 0 Å². The molecule has 0 saturated carbocycles. The molecule has 0 aliphatic carbocycles. The van der Waals surface area contributed by atoms with Crippen molar-refractivity contribution in [1.29, 1.82) is 0 Å². The molecule has 1 aromatic heterocycles. The van der Waals surface area contributed by atoms with Gasteiger partial charge in [0.2, 0.25) is 0 Å². The van der Waals surface area contributed by atoms with Gasteiger partial charge in [0, 0.05) is 24.2 Å². The van der Waals surface area contributed by atoms with Gasteiger partial charge in [-0.2, -0.15) is 0 Å². The van der Waals surface area contributed by atoms with E-state index in [1.807, 2.05) is 11.7 Å². The van der Waals surface area contributed by atoms with E-state index in [-0.39, 0.29) is 0 Å². The zero-order chi connectivity index (χ0) is 9.80. The molecule has 0 bridgehead atoms. The Morgan fingerprint density at radius 2 is 2.57 bits per heavy atom. The van der Waals surface area contributed by atoms with E-state index < -0.39 is 0 Å². The lowest BCUT2D eigenvalue weighted by molar-refractivity contribution is 0.172. The Morgan fingerprint density at radius 1 is 1.64 bits per heavy atom. The number of aromatic nitrogens is 1. The summed E-state index contributed by atoms with van der Waals surface area (Å²) >= 11 is 1.74. The van der Waals surface area contributed by atoms with Gasteiger partial charge in [0.1, 0.15) is 0 Å². The second kappa shape index (κ2) is 4.87. The van der Waals surface area contributed by atoms with Gasteiger partial charge in [0.05, 0.1) is 5.51 Å². The van der Waals surface area contributed by atoms with Crippen molar-refractivity contribution in [3.8, 4) is 0 Å². The summed E-state index contributed by atoms with van der Waals surface area (Å²) in [5, 5.41) is 0. The van der Waals surface area contributed by atoms with Gasteiger partial charge in [-0.3, -0.25) is 9.88 Å². The van der Waals surface area contributed by atoms with Crippen LogP contribution in [0.25, 0.3) is 0 Å². The average Bonchev–Trinajstić information content (AvgIpc) is 2.71. The van der Waals surface area contributed by atoms with Crippen LogP contribution in [0.1, 0.15) is 17.7 Å². The predicted molar refractivity (Wildman–Crippen MR) is 59.2 cm³/mol. The molecule has 1 unspecified atom stereocenters. The Labute approximate surface area is 88.9 Å². The number of piperidine rings is 1. The maximum atomic E-state index is 5.70. The second-order valence-electron chi connectivity index (χ2n) is 3.95. The van der Waals surface area contributed by atoms with Crippen molar-refractivity contribution in [1.82, 2.24) is 9.88 Å². The van der Waals surface area contributed by atoms with Crippen LogP contribution in [0.3, 0.4) is 0 Å². The first kappa shape index (κ1) is 10.1. The number of nitrogens with two attached hydrogens (primary N) is 1. The summed E-state index contributed by atoms with van der Waals surface area (Å²) in [5.41, 5.74) is 7.60. The van der Waals surface area contributed by atoms with E-state index in [2.05, 4.69) is 9.88 Å². The van der Waals surface area contributed by atoms with Crippen LogP contribution < -0.4 is 5.73 Å². The summed E-state index contributed by atoms with van der Waals surface area (Å²) in [6.45, 7) is 4.27. The van der Waals surface area contributed by atoms with Gasteiger partial charge in [-0.25, -0.2) is 0 Å². The first-order valence-electron chi connectivity index (χ1n) is 5.18. The SMILES string of the molecule is NCC1CCCN(Cc2cncs2)C1. The molecule has 2 heterocycles. The number of hydrogen-bond acceptors (Lipinski definition) is 4. The summed E-state index contributed by atoms with van der Waals surface area (Å²) in [6, 6.07) is 0. The highest BCUT2D eigenvalue weighted by atomic mass is 32.1. The van der Waals surface area contributed by atoms with Gasteiger partial charge in [0.15, 0.2) is 0 Å². The van der Waals surface area contributed by atoms with Crippen molar-refractivity contribution in [3.63, 3.8) is 0 Å². The summed E-state index contributed by atoms with van der Waals surface area (Å²) < 4.78 is 0. The van der Waals surface area contributed by atoms with Crippen molar-refractivity contribution in [2.24, 2.45) is 11.7 Å². The summed E-state index contributed by atoms with van der Waals surface area (Å²) in [7, 11) is 0. The number of nitrogens with zero attached hydrogens (tertiary/aromatic N) is 2. The summed E-state index contributed by atoms with van der Waals surface area (Å²) in [4.78, 5) is 7.95. The smallest absolute Gasteiger partial charge is 0.0794 e. The molecule has 2 N–H and O–H groups in total. The second-order valence-corrected chi connectivity index (χ2v) is 4.92. The molecule has 1 fully saturated rings. The van der Waals surface area contributed by atoms with Crippen molar-refractivity contribution in [3.05, 3.63) is 16.6 Å². The molecular formula is C10H17N3S. The fourth-order valence-electron chi connectivity index (χ4n) is 2.03. The normalized spacial score (nSPS) is 23.9. The van der Waals surface area contributed by atoms with Gasteiger partial charge < -0.3 is 5.73 Å². The molecule has 1 atom stereocenters. The Hall–Kier alpha value is -0.450. The summed E-state index contributed by atoms with van der Waals surface area (Å²) in [6.07, 6.45) is 4.56. The molecule has 14 heavy (non-hydrogen) atoms. The Bertz CT molecular complexity index is 260. The van der Waals surface area contributed by atoms with Crippen LogP contribution in [-0.4, -0.2) is 29.5 Å². The summed E-state index contributed by atoms with van der Waals surface area (Å²) in [5.74, 6) is 0.705. The third-order valence-electron chi connectivity index (χ3n) is 2.80. The van der Waals surface area contributed by atoms with E-state index in [9.17, 15) is 0 Å². The maximum absolute atomic E-state index is 5.70. The molecule has 3 nitrogen and oxygen atoms in total. The van der Waals surface area contributed by atoms with Crippen LogP contribution in [0.2, 0.25) is 0 Å². The molecule has 1 saturated heterocycles. The Morgan fingerprint density at radius 3 is 3.29 bits per heavy atom. The van der Waals surface area contributed by atoms with E-state index in [0.717, 1.165) is 19.6 Å². The van der Waals surface area contributed by atoms with E-state index in [0.29, 0.717) is 5.92 Å². The van der Waals surface area contributed by atoms with E-state index in [1.165, 1.54) is 24.3 Å². The zero-order valence-corrected chi connectivity index (χ0v) is 9.17. The number of rotatable bonds is 3. The van der Waals surface area contributed by atoms with Gasteiger partial charge in [-0.05, 0) is 31.8 Å². The van der Waals surface area contributed by atoms with Gasteiger partial charge in [-0.15, -0.1) is 11.3 Å². The minimum atomic E-state index is 0.705. The van der Waals surface area contributed by atoms with Crippen molar-refractivity contribution in [2.45, 2.75) is 19.4 Å². The topological polar surface area (TPSA) is 42.1 Å². The van der Waals surface area contributed by atoms with Gasteiger partial charge in [0.25, 0.3) is 0 Å². The van der Waals surface area contributed by atoms with Crippen LogP contribution in [0, 0.1) is 5.92 Å². The van der Waals surface area contributed by atoms with E-state index in [1.54, 1.807) is 11.3 Å². The van der Waals surface area contributed by atoms with Crippen molar-refractivity contribution < 1.29 is 0 Å². The van der Waals surface area contributed by atoms with E-state index in [4.69, 9.17) is 5.73 Å². The molecular weight excluding hydrogens is 194 g/mol. The Balaban J connectivity index is 1.86. The molecule has 0 amide bonds. The first-order chi connectivity index (χ1) is 6.88. The third-order valence-corrected chi connectivity index (χ3v) is 3.56. The van der Waals surface area contributed by atoms with Crippen LogP contribution in [0.4, 0.5) is 0 Å². The average molecular weight is 211 g/mol. The highest BCUT2D eigenvalue weighted by Gasteiger charge is 2.18. The minimum Gasteiger partial charge on any atom is -0.330 e. The molecule has 0 spiro atoms. The van der Waals surface area contributed by atoms with Crippen LogP contribution in [0.5, 0.6) is 0 Å². The largest absolute Gasteiger partial charge is 0.330 e. The lowest BCUT2D eigenvalue weighted by Gasteiger charge is -2.31. The fourth-order valence-corrected chi connectivity index (χ4v) is 2.66. The first-order valence-corrected chi connectivity index (χ1v) is 6.06. The number of thiazole rings is 1. The molecule has 1 aliphatic rings. The quantitative estimate of drug-likeness (QED) is 0.820. The molecule has 1 aromatic rings. The molecule has 2 rings (SSSR count). The van der Waals surface area contributed by atoms with Crippen LogP contribution >= 0.6 is 11.3 Å². The molecule has 0 aromatic carbocycles. The van der Waals surface area contributed by atoms with Gasteiger partial charge >= 0.3 is 0 Å². The highest BCUT2D eigenvalue weighted by Crippen LogP contribution is 2.18. The predicted octanol–water partition coefficient (Wildman–Crippen LogP) is 1.31. The van der Waals surface area contributed by atoms with Crippen LogP contribution in [0.15, 0.2) is 11.7 Å². The fraction of sp³-hybridized carbons (Fsp3) is 0.700. The highest BCUT2D eigenvalue weighted by molar-refractivity contribution is 7.09. The standard InChI is InChI=1S/C10H17N3S/c11-4-9-2-1-3-13(6-9)7-10-5-12-8-14-10/h5,8-9H,1-4,6-7,11H2. The number of likely N-dealkylation sites (tertiary alicyclic amines) is 1. The maximum Gasteiger partial charge on any atom is 0.0794 e. The lowest BCUT2D eigenvalue weighted by atomic mass is 9.98. The molecule has 78 valence electrons. The molecule has 0 radical (unpaired) electrons. The van der Waals surface area contributed by atoms with Gasteiger partial charge in [-0.1, -0.05) is 0 Å². The molecule has 1 aliphatic heterocycles. The third kappa shape index (κ3) is 2.53. The molecule has 4 heteroatoms. The number of hydrogen-bond donors (Lipinski definition) is 1. The Kier molecular flexibility index (Phi) is 3.50.